The topological polar surface area (TPSA) is 52.7 Å². The molecule has 1 aliphatic heterocycles. The number of amides is 2. The molecule has 0 bridgehead atoms. The van der Waals surface area contributed by atoms with Gasteiger partial charge >= 0.3 is 0 Å². The standard InChI is InChI=1S/C21H31Cl2N3O2/c1-15(14-21(2,3)4)13-18(27)26-11-9-25(10-12-26)17-7-5-16(6-8-17)24-20(28)19(22)23/h5-8,15,19H,9-14H2,1-4H3,(H,24,28). The zero-order chi connectivity index (χ0) is 20.9. The van der Waals surface area contributed by atoms with Crippen molar-refractivity contribution in [2.45, 2.75) is 45.4 Å². The molecule has 1 heterocycles. The number of hydrogen-bond acceptors (Lipinski definition) is 3. The molecule has 2 amide bonds. The van der Waals surface area contributed by atoms with Gasteiger partial charge < -0.3 is 15.1 Å². The van der Waals surface area contributed by atoms with Gasteiger partial charge in [-0.25, -0.2) is 0 Å². The Balaban J connectivity index is 1.83. The van der Waals surface area contributed by atoms with Crippen LogP contribution in [0, 0.1) is 11.3 Å². The van der Waals surface area contributed by atoms with Crippen LogP contribution in [0.3, 0.4) is 0 Å². The minimum absolute atomic E-state index is 0.248. The first kappa shape index (κ1) is 22.8. The lowest BCUT2D eigenvalue weighted by Gasteiger charge is -2.37. The molecule has 0 saturated carbocycles. The lowest BCUT2D eigenvalue weighted by molar-refractivity contribution is -0.132. The maximum absolute atomic E-state index is 12.6. The summed E-state index contributed by atoms with van der Waals surface area (Å²) in [6.45, 7) is 11.9. The number of nitrogens with one attached hydrogen (secondary N) is 1. The fourth-order valence-electron chi connectivity index (χ4n) is 3.71. The van der Waals surface area contributed by atoms with E-state index in [0.717, 1.165) is 38.3 Å². The van der Waals surface area contributed by atoms with Crippen molar-refractivity contribution in [2.75, 3.05) is 36.4 Å². The third kappa shape index (κ3) is 7.17. The van der Waals surface area contributed by atoms with E-state index in [9.17, 15) is 9.59 Å². The molecule has 7 heteroatoms. The largest absolute Gasteiger partial charge is 0.368 e. The zero-order valence-corrected chi connectivity index (χ0v) is 18.7. The summed E-state index contributed by atoms with van der Waals surface area (Å²) in [6.07, 6.45) is 1.67. The van der Waals surface area contributed by atoms with Crippen LogP contribution in [0.5, 0.6) is 0 Å². The molecule has 1 saturated heterocycles. The number of carbonyl (C=O) groups excluding carboxylic acids is 2. The third-order valence-corrected chi connectivity index (χ3v) is 5.21. The highest BCUT2D eigenvalue weighted by molar-refractivity contribution is 6.54. The predicted octanol–water partition coefficient (Wildman–Crippen LogP) is 4.54. The molecule has 0 aliphatic carbocycles. The number of alkyl halides is 2. The molecular weight excluding hydrogens is 397 g/mol. The van der Waals surface area contributed by atoms with Gasteiger partial charge in [-0.15, -0.1) is 0 Å². The highest BCUT2D eigenvalue weighted by Crippen LogP contribution is 2.27. The van der Waals surface area contributed by atoms with Crippen molar-refractivity contribution in [3.05, 3.63) is 24.3 Å². The number of hydrogen-bond donors (Lipinski definition) is 1. The van der Waals surface area contributed by atoms with Crippen LogP contribution in [-0.2, 0) is 9.59 Å². The van der Waals surface area contributed by atoms with Crippen molar-refractivity contribution < 1.29 is 9.59 Å². The first-order chi connectivity index (χ1) is 13.0. The molecule has 2 rings (SSSR count). The molecule has 1 aliphatic rings. The minimum Gasteiger partial charge on any atom is -0.368 e. The highest BCUT2D eigenvalue weighted by Gasteiger charge is 2.24. The first-order valence-electron chi connectivity index (χ1n) is 9.77. The van der Waals surface area contributed by atoms with E-state index >= 15 is 0 Å². The van der Waals surface area contributed by atoms with Crippen LogP contribution in [0.1, 0.15) is 40.5 Å². The molecule has 0 radical (unpaired) electrons. The fourth-order valence-corrected chi connectivity index (χ4v) is 3.82. The summed E-state index contributed by atoms with van der Waals surface area (Å²) in [5.41, 5.74) is 1.97. The lowest BCUT2D eigenvalue weighted by Crippen LogP contribution is -2.49. The number of rotatable bonds is 6. The van der Waals surface area contributed by atoms with Gasteiger partial charge in [0, 0.05) is 44.0 Å². The van der Waals surface area contributed by atoms with Gasteiger partial charge in [-0.05, 0) is 42.0 Å². The van der Waals surface area contributed by atoms with E-state index < -0.39 is 10.7 Å². The number of halogens is 2. The van der Waals surface area contributed by atoms with Gasteiger partial charge in [-0.2, -0.15) is 0 Å². The second-order valence-electron chi connectivity index (χ2n) is 8.78. The van der Waals surface area contributed by atoms with Crippen LogP contribution >= 0.6 is 23.2 Å². The summed E-state index contributed by atoms with van der Waals surface area (Å²) in [7, 11) is 0. The predicted molar refractivity (Wildman–Crippen MR) is 117 cm³/mol. The van der Waals surface area contributed by atoms with E-state index in [1.165, 1.54) is 0 Å². The van der Waals surface area contributed by atoms with E-state index in [2.05, 4.69) is 37.9 Å². The molecule has 1 unspecified atom stereocenters. The maximum Gasteiger partial charge on any atom is 0.257 e. The number of benzene rings is 1. The van der Waals surface area contributed by atoms with E-state index in [4.69, 9.17) is 23.2 Å². The summed E-state index contributed by atoms with van der Waals surface area (Å²) in [5.74, 6) is 0.212. The van der Waals surface area contributed by atoms with Crippen molar-refractivity contribution in [3.8, 4) is 0 Å². The van der Waals surface area contributed by atoms with Crippen molar-refractivity contribution >= 4 is 46.4 Å². The van der Waals surface area contributed by atoms with Gasteiger partial charge in [-0.3, -0.25) is 9.59 Å². The van der Waals surface area contributed by atoms with Crippen molar-refractivity contribution in [3.63, 3.8) is 0 Å². The van der Waals surface area contributed by atoms with Crippen LogP contribution in [0.25, 0.3) is 0 Å². The van der Waals surface area contributed by atoms with E-state index in [0.29, 0.717) is 18.0 Å². The molecule has 1 fully saturated rings. The molecular formula is C21H31Cl2N3O2. The summed E-state index contributed by atoms with van der Waals surface area (Å²) in [5, 5.41) is 2.65. The Morgan fingerprint density at radius 1 is 1.07 bits per heavy atom. The molecule has 1 aromatic carbocycles. The summed E-state index contributed by atoms with van der Waals surface area (Å²) in [4.78, 5) is 27.3. The molecule has 1 N–H and O–H groups in total. The molecule has 0 spiro atoms. The van der Waals surface area contributed by atoms with Crippen LogP contribution in [0.2, 0.25) is 0 Å². The lowest BCUT2D eigenvalue weighted by atomic mass is 9.84. The maximum atomic E-state index is 12.6. The van der Waals surface area contributed by atoms with Crippen molar-refractivity contribution in [1.29, 1.82) is 0 Å². The average Bonchev–Trinajstić information content (AvgIpc) is 2.60. The van der Waals surface area contributed by atoms with Crippen LogP contribution < -0.4 is 10.2 Å². The van der Waals surface area contributed by atoms with Gasteiger partial charge in [0.2, 0.25) is 5.91 Å². The van der Waals surface area contributed by atoms with Gasteiger partial charge in [0.25, 0.3) is 5.91 Å². The highest BCUT2D eigenvalue weighted by atomic mass is 35.5. The second kappa shape index (κ2) is 9.84. The average molecular weight is 428 g/mol. The van der Waals surface area contributed by atoms with E-state index in [-0.39, 0.29) is 11.3 Å². The number of nitrogens with zero attached hydrogens (tertiary/aromatic N) is 2. The molecule has 1 atom stereocenters. The normalized spacial score (nSPS) is 16.2. The Morgan fingerprint density at radius 2 is 1.64 bits per heavy atom. The van der Waals surface area contributed by atoms with Gasteiger partial charge in [0.15, 0.2) is 4.84 Å². The van der Waals surface area contributed by atoms with Crippen molar-refractivity contribution in [1.82, 2.24) is 4.90 Å². The second-order valence-corrected chi connectivity index (χ2v) is 9.88. The van der Waals surface area contributed by atoms with Crippen LogP contribution in [0.4, 0.5) is 11.4 Å². The summed E-state index contributed by atoms with van der Waals surface area (Å²) >= 11 is 11.1. The number of carbonyl (C=O) groups is 2. The molecule has 156 valence electrons. The quantitative estimate of drug-likeness (QED) is 0.677. The molecule has 5 nitrogen and oxygen atoms in total. The van der Waals surface area contributed by atoms with Gasteiger partial charge in [0.05, 0.1) is 0 Å². The van der Waals surface area contributed by atoms with Crippen molar-refractivity contribution in [2.24, 2.45) is 11.3 Å². The first-order valence-corrected chi connectivity index (χ1v) is 10.6. The van der Waals surface area contributed by atoms with Gasteiger partial charge in [-0.1, -0.05) is 50.9 Å². The third-order valence-electron chi connectivity index (χ3n) is 4.81. The number of anilines is 2. The molecule has 1 aromatic rings. The number of piperazine rings is 1. The Bertz CT molecular complexity index is 663. The Labute approximate surface area is 178 Å². The van der Waals surface area contributed by atoms with Crippen LogP contribution in [-0.4, -0.2) is 47.7 Å². The molecule has 28 heavy (non-hydrogen) atoms. The Kier molecular flexibility index (Phi) is 8.02. The Hall–Kier alpha value is -1.46. The minimum atomic E-state index is -1.09. The SMILES string of the molecule is CC(CC(=O)N1CCN(c2ccc(NC(=O)C(Cl)Cl)cc2)CC1)CC(C)(C)C. The Morgan fingerprint density at radius 3 is 2.14 bits per heavy atom. The fraction of sp³-hybridized carbons (Fsp3) is 0.619. The van der Waals surface area contributed by atoms with E-state index in [1.54, 1.807) is 0 Å². The smallest absolute Gasteiger partial charge is 0.257 e. The van der Waals surface area contributed by atoms with E-state index in [1.807, 2.05) is 29.2 Å². The van der Waals surface area contributed by atoms with Crippen LogP contribution in [0.15, 0.2) is 24.3 Å². The monoisotopic (exact) mass is 427 g/mol. The summed E-state index contributed by atoms with van der Waals surface area (Å²) < 4.78 is 0. The summed E-state index contributed by atoms with van der Waals surface area (Å²) in [6, 6.07) is 7.57. The van der Waals surface area contributed by atoms with Gasteiger partial charge in [0.1, 0.15) is 0 Å². The molecule has 0 aromatic heterocycles. The zero-order valence-electron chi connectivity index (χ0n) is 17.2.